The second-order valence-electron chi connectivity index (χ2n) is 17.9. The number of ether oxygens (including phenoxy) is 8. The van der Waals surface area contributed by atoms with Gasteiger partial charge in [-0.25, -0.2) is 14.5 Å². The number of benzene rings is 1. The normalized spacial score (nSPS) is 27.2. The number of rotatable bonds is 18. The van der Waals surface area contributed by atoms with Crippen LogP contribution in [0.25, 0.3) is 0 Å². The lowest BCUT2D eigenvalue weighted by Crippen LogP contribution is -2.65. The average Bonchev–Trinajstić information content (AvgIpc) is 3.11. The molecule has 2 fully saturated rings. The Labute approximate surface area is 337 Å². The summed E-state index contributed by atoms with van der Waals surface area (Å²) in [6.07, 6.45) is -5.99. The van der Waals surface area contributed by atoms with E-state index in [1.165, 1.54) is 14.2 Å². The minimum absolute atomic E-state index is 0.00384. The third-order valence-electron chi connectivity index (χ3n) is 10.8. The summed E-state index contributed by atoms with van der Waals surface area (Å²) in [6.45, 7) is 25.4. The summed E-state index contributed by atoms with van der Waals surface area (Å²) in [5.41, 5.74) is 0.391. The van der Waals surface area contributed by atoms with E-state index < -0.39 is 76.2 Å². The number of carbonyl (C=O) groups excluding carboxylic acids is 3. The van der Waals surface area contributed by atoms with E-state index in [2.05, 4.69) is 59.7 Å². The van der Waals surface area contributed by atoms with Crippen molar-refractivity contribution in [2.45, 2.75) is 141 Å². The first kappa shape index (κ1) is 47.9. The van der Waals surface area contributed by atoms with Crippen molar-refractivity contribution in [2.75, 3.05) is 41.7 Å². The van der Waals surface area contributed by atoms with Gasteiger partial charge in [-0.15, -0.1) is 0 Å². The van der Waals surface area contributed by atoms with Crippen molar-refractivity contribution in [1.29, 1.82) is 0 Å². The van der Waals surface area contributed by atoms with Crippen molar-refractivity contribution in [3.05, 3.63) is 48.0 Å². The SMILES string of the molecule is C=C1C[C@](OC)([C@H](OC(=O)c2ccccc2)C(=O)N(C(=O)OCC[Si](C)(C)C)[C@@H](OC)[C@@H]2C[C@@H](O[Si](C)(C)C)C(C)(C)[C@@H](C[C@@H](COC)OC)O2)O[C@H](C)[C@@H]1C. The van der Waals surface area contributed by atoms with Gasteiger partial charge in [-0.3, -0.25) is 4.79 Å². The molecule has 2 aliphatic rings. The van der Waals surface area contributed by atoms with Gasteiger partial charge < -0.3 is 42.3 Å². The van der Waals surface area contributed by atoms with Crippen molar-refractivity contribution < 1.29 is 56.7 Å². The van der Waals surface area contributed by atoms with E-state index in [1.807, 2.05) is 13.8 Å². The van der Waals surface area contributed by atoms with E-state index in [0.717, 1.165) is 10.5 Å². The Kier molecular flexibility index (Phi) is 17.1. The van der Waals surface area contributed by atoms with E-state index in [0.29, 0.717) is 19.1 Å². The van der Waals surface area contributed by atoms with Crippen LogP contribution < -0.4 is 0 Å². The third-order valence-corrected chi connectivity index (χ3v) is 13.5. The molecule has 0 bridgehead atoms. The van der Waals surface area contributed by atoms with Crippen molar-refractivity contribution >= 4 is 34.4 Å². The van der Waals surface area contributed by atoms with Crippen LogP contribution in [0, 0.1) is 11.3 Å². The summed E-state index contributed by atoms with van der Waals surface area (Å²) in [4.78, 5) is 44.7. The van der Waals surface area contributed by atoms with Crippen molar-refractivity contribution in [1.82, 2.24) is 4.90 Å². The Bertz CT molecular complexity index is 1460. The molecular weight excluding hydrogens is 755 g/mol. The minimum Gasteiger partial charge on any atom is -0.449 e. The zero-order valence-corrected chi connectivity index (χ0v) is 38.3. The predicted molar refractivity (Wildman–Crippen MR) is 219 cm³/mol. The molecule has 0 unspecified atom stereocenters. The maximum absolute atomic E-state index is 15.4. The van der Waals surface area contributed by atoms with Gasteiger partial charge in [0.25, 0.3) is 5.91 Å². The molecule has 2 heterocycles. The molecule has 3 rings (SSSR count). The standard InChI is InChI=1S/C41H69NO12Si2/c1-27-25-41(49-9,53-29(3)28(27)2)35(52-38(44)30-19-17-16-18-20-30)36(43)42(39(45)50-21-22-55(10,11)12)37(48-8)32-24-34(54-56(13,14)15)40(4,5)33(51-32)23-31(47-7)26-46-6/h16-20,28-29,31-35,37H,1,21-26H2,2-15H3/t28-,29-,31+,32+,33-,34-,35-,37+,41-/m1/s1. The number of imide groups is 1. The predicted octanol–water partition coefficient (Wildman–Crippen LogP) is 7.29. The van der Waals surface area contributed by atoms with Crippen molar-refractivity contribution in [3.8, 4) is 0 Å². The highest BCUT2D eigenvalue weighted by Crippen LogP contribution is 2.44. The number of amides is 2. The number of methoxy groups -OCH3 is 4. The van der Waals surface area contributed by atoms with E-state index in [9.17, 15) is 9.59 Å². The maximum atomic E-state index is 15.4. The molecule has 9 atom stereocenters. The zero-order valence-electron chi connectivity index (χ0n) is 36.3. The Hall–Kier alpha value is -2.48. The lowest BCUT2D eigenvalue weighted by molar-refractivity contribution is -0.300. The quantitative estimate of drug-likeness (QED) is 0.0637. The summed E-state index contributed by atoms with van der Waals surface area (Å²) in [5, 5.41) is 0. The fraction of sp³-hybridized carbons (Fsp3) is 0.732. The summed E-state index contributed by atoms with van der Waals surface area (Å²) >= 11 is 0. The van der Waals surface area contributed by atoms with Crippen LogP contribution >= 0.6 is 0 Å². The van der Waals surface area contributed by atoms with Crippen molar-refractivity contribution in [3.63, 3.8) is 0 Å². The molecule has 2 aliphatic heterocycles. The van der Waals surface area contributed by atoms with Crippen LogP contribution in [0.5, 0.6) is 0 Å². The molecule has 0 aromatic heterocycles. The number of nitrogens with zero attached hydrogens (tertiary/aromatic N) is 1. The van der Waals surface area contributed by atoms with Crippen LogP contribution in [0.15, 0.2) is 42.5 Å². The van der Waals surface area contributed by atoms with Gasteiger partial charge in [-0.1, -0.05) is 70.8 Å². The van der Waals surface area contributed by atoms with Crippen LogP contribution in [0.1, 0.15) is 57.3 Å². The second kappa shape index (κ2) is 20.0. The molecule has 1 aromatic rings. The highest BCUT2D eigenvalue weighted by molar-refractivity contribution is 6.76. The van der Waals surface area contributed by atoms with Gasteiger partial charge in [0.2, 0.25) is 11.9 Å². The minimum atomic E-state index is -2.15. The lowest BCUT2D eigenvalue weighted by atomic mass is 9.74. The topological polar surface area (TPSA) is 138 Å². The van der Waals surface area contributed by atoms with Gasteiger partial charge in [0.1, 0.15) is 6.10 Å². The average molecular weight is 824 g/mol. The summed E-state index contributed by atoms with van der Waals surface area (Å²) in [6, 6.07) is 8.92. The first-order valence-corrected chi connectivity index (χ1v) is 26.7. The maximum Gasteiger partial charge on any atom is 0.418 e. The molecule has 0 aliphatic carbocycles. The van der Waals surface area contributed by atoms with Gasteiger partial charge in [0.05, 0.1) is 43.2 Å². The molecule has 0 radical (unpaired) electrons. The first-order valence-electron chi connectivity index (χ1n) is 19.6. The van der Waals surface area contributed by atoms with Gasteiger partial charge in [0, 0.05) is 67.1 Å². The molecular formula is C41H69NO12Si2. The number of carbonyl (C=O) groups is 3. The Morgan fingerprint density at radius 1 is 0.982 bits per heavy atom. The molecule has 0 N–H and O–H groups in total. The van der Waals surface area contributed by atoms with Crippen LogP contribution in [-0.2, 0) is 47.1 Å². The largest absolute Gasteiger partial charge is 0.449 e. The van der Waals surface area contributed by atoms with E-state index >= 15 is 4.79 Å². The fourth-order valence-corrected chi connectivity index (χ4v) is 9.07. The third kappa shape index (κ3) is 12.3. The molecule has 0 spiro atoms. The van der Waals surface area contributed by atoms with E-state index in [1.54, 1.807) is 44.6 Å². The van der Waals surface area contributed by atoms with E-state index in [4.69, 9.17) is 42.3 Å². The zero-order chi connectivity index (χ0) is 42.2. The molecule has 56 heavy (non-hydrogen) atoms. The molecule has 15 heteroatoms. The van der Waals surface area contributed by atoms with Crippen LogP contribution in [0.4, 0.5) is 4.79 Å². The molecule has 318 valence electrons. The Balaban J connectivity index is 2.22. The van der Waals surface area contributed by atoms with Gasteiger partial charge in [-0.05, 0) is 44.7 Å². The van der Waals surface area contributed by atoms with E-state index in [-0.39, 0.29) is 43.1 Å². The van der Waals surface area contributed by atoms with Gasteiger partial charge in [0.15, 0.2) is 14.5 Å². The molecule has 13 nitrogen and oxygen atoms in total. The summed E-state index contributed by atoms with van der Waals surface area (Å²) in [5.74, 6) is -3.73. The molecule has 1 aromatic carbocycles. The fourth-order valence-electron chi connectivity index (χ4n) is 7.10. The molecule has 2 amide bonds. The number of hydrogen-bond acceptors (Lipinski definition) is 12. The Morgan fingerprint density at radius 2 is 1.62 bits per heavy atom. The summed E-state index contributed by atoms with van der Waals surface area (Å²) < 4.78 is 55.5. The second-order valence-corrected chi connectivity index (χ2v) is 27.9. The highest BCUT2D eigenvalue weighted by Gasteiger charge is 2.58. The van der Waals surface area contributed by atoms with Gasteiger partial charge in [-0.2, -0.15) is 0 Å². The highest BCUT2D eigenvalue weighted by atomic mass is 28.4. The van der Waals surface area contributed by atoms with Crippen molar-refractivity contribution in [2.24, 2.45) is 11.3 Å². The lowest BCUT2D eigenvalue weighted by Gasteiger charge is -2.52. The molecule has 2 saturated heterocycles. The Morgan fingerprint density at radius 3 is 2.14 bits per heavy atom. The van der Waals surface area contributed by atoms with Crippen LogP contribution in [-0.4, -0.2) is 130 Å². The summed E-state index contributed by atoms with van der Waals surface area (Å²) in [7, 11) is 2.17. The smallest absolute Gasteiger partial charge is 0.418 e. The monoisotopic (exact) mass is 823 g/mol. The molecule has 0 saturated carbocycles. The van der Waals surface area contributed by atoms with Crippen LogP contribution in [0.2, 0.25) is 45.3 Å². The first-order chi connectivity index (χ1) is 26.0. The number of hydrogen-bond donors (Lipinski definition) is 0. The van der Waals surface area contributed by atoms with Crippen LogP contribution in [0.3, 0.4) is 0 Å². The van der Waals surface area contributed by atoms with Gasteiger partial charge >= 0.3 is 12.1 Å². The number of esters is 1.